The van der Waals surface area contributed by atoms with E-state index in [9.17, 15) is 13.2 Å². The normalized spacial score (nSPS) is 24.0. The van der Waals surface area contributed by atoms with Gasteiger partial charge >= 0.3 is 6.18 Å². The molecule has 1 aromatic carbocycles. The first-order chi connectivity index (χ1) is 9.25. The molecule has 1 saturated heterocycles. The fraction of sp³-hybridized carbons (Fsp3) is 0.571. The van der Waals surface area contributed by atoms with E-state index in [0.717, 1.165) is 25.1 Å². The number of halogens is 4. The number of piperazine rings is 1. The summed E-state index contributed by atoms with van der Waals surface area (Å²) in [6, 6.07) is 3.49. The van der Waals surface area contributed by atoms with Crippen LogP contribution in [-0.4, -0.2) is 25.2 Å². The van der Waals surface area contributed by atoms with Crippen molar-refractivity contribution in [1.82, 2.24) is 5.32 Å². The lowest BCUT2D eigenvalue weighted by Gasteiger charge is -2.42. The third-order valence-electron chi connectivity index (χ3n) is 3.87. The van der Waals surface area contributed by atoms with E-state index in [2.05, 4.69) is 19.2 Å². The molecule has 1 aliphatic rings. The molecule has 1 fully saturated rings. The number of hydrogen-bond acceptors (Lipinski definition) is 2. The molecular formula is C14H18ClF3N2. The van der Waals surface area contributed by atoms with Crippen molar-refractivity contribution < 1.29 is 13.2 Å². The summed E-state index contributed by atoms with van der Waals surface area (Å²) in [5.74, 6) is 0. The van der Waals surface area contributed by atoms with Gasteiger partial charge in [-0.15, -0.1) is 0 Å². The van der Waals surface area contributed by atoms with E-state index in [4.69, 9.17) is 11.6 Å². The van der Waals surface area contributed by atoms with Gasteiger partial charge in [-0.2, -0.15) is 13.2 Å². The van der Waals surface area contributed by atoms with Crippen molar-refractivity contribution in [2.75, 3.05) is 24.5 Å². The van der Waals surface area contributed by atoms with Crippen molar-refractivity contribution in [3.63, 3.8) is 0 Å². The first-order valence-electron chi connectivity index (χ1n) is 6.62. The Bertz CT molecular complexity index is 490. The largest absolute Gasteiger partial charge is 0.416 e. The van der Waals surface area contributed by atoms with Crippen molar-refractivity contribution in [3.8, 4) is 0 Å². The van der Waals surface area contributed by atoms with Crippen LogP contribution in [0.15, 0.2) is 18.2 Å². The van der Waals surface area contributed by atoms with Crippen LogP contribution in [0.4, 0.5) is 18.9 Å². The van der Waals surface area contributed by atoms with E-state index in [-0.39, 0.29) is 5.54 Å². The molecule has 1 N–H and O–H groups in total. The number of anilines is 1. The summed E-state index contributed by atoms with van der Waals surface area (Å²) in [7, 11) is 0. The van der Waals surface area contributed by atoms with Crippen molar-refractivity contribution in [1.29, 1.82) is 0 Å². The molecule has 1 heterocycles. The summed E-state index contributed by atoms with van der Waals surface area (Å²) < 4.78 is 38.4. The Hall–Kier alpha value is -0.940. The average molecular weight is 307 g/mol. The van der Waals surface area contributed by atoms with Crippen LogP contribution >= 0.6 is 11.6 Å². The molecule has 20 heavy (non-hydrogen) atoms. The molecule has 2 rings (SSSR count). The standard InChI is InChI=1S/C14H18ClF3N2/c1-3-13(2)9-20(7-6-19-13)12-8-10(14(16,17)18)4-5-11(12)15/h4-5,8,19H,3,6-7,9H2,1-2H3. The predicted molar refractivity (Wildman–Crippen MR) is 75.4 cm³/mol. The summed E-state index contributed by atoms with van der Waals surface area (Å²) in [4.78, 5) is 1.93. The van der Waals surface area contributed by atoms with Gasteiger partial charge in [0, 0.05) is 25.2 Å². The van der Waals surface area contributed by atoms with Gasteiger partial charge in [0.15, 0.2) is 0 Å². The Balaban J connectivity index is 2.32. The number of nitrogens with one attached hydrogen (secondary N) is 1. The maximum absolute atomic E-state index is 12.8. The highest BCUT2D eigenvalue weighted by atomic mass is 35.5. The molecule has 0 spiro atoms. The minimum atomic E-state index is -4.35. The fourth-order valence-electron chi connectivity index (χ4n) is 2.42. The molecule has 0 saturated carbocycles. The Morgan fingerprint density at radius 2 is 2.10 bits per heavy atom. The Labute approximate surface area is 121 Å². The summed E-state index contributed by atoms with van der Waals surface area (Å²) in [5.41, 5.74) is -0.299. The maximum atomic E-state index is 12.8. The zero-order valence-electron chi connectivity index (χ0n) is 11.5. The number of alkyl halides is 3. The summed E-state index contributed by atoms with van der Waals surface area (Å²) in [5, 5.41) is 3.76. The molecule has 1 unspecified atom stereocenters. The maximum Gasteiger partial charge on any atom is 0.416 e. The smallest absolute Gasteiger partial charge is 0.367 e. The van der Waals surface area contributed by atoms with Gasteiger partial charge in [0.05, 0.1) is 16.3 Å². The molecule has 0 aromatic heterocycles. The third-order valence-corrected chi connectivity index (χ3v) is 4.19. The molecule has 0 radical (unpaired) electrons. The van der Waals surface area contributed by atoms with E-state index < -0.39 is 11.7 Å². The van der Waals surface area contributed by atoms with Crippen molar-refractivity contribution in [2.24, 2.45) is 0 Å². The van der Waals surface area contributed by atoms with Gasteiger partial charge in [0.1, 0.15) is 0 Å². The summed E-state index contributed by atoms with van der Waals surface area (Å²) in [6.45, 7) is 6.16. The molecule has 1 aromatic rings. The number of nitrogens with zero attached hydrogens (tertiary/aromatic N) is 1. The highest BCUT2D eigenvalue weighted by Crippen LogP contribution is 2.36. The van der Waals surface area contributed by atoms with E-state index in [1.165, 1.54) is 6.07 Å². The lowest BCUT2D eigenvalue weighted by atomic mass is 9.95. The molecule has 0 amide bonds. The van der Waals surface area contributed by atoms with Gasteiger partial charge in [-0.25, -0.2) is 0 Å². The van der Waals surface area contributed by atoms with E-state index in [1.54, 1.807) is 0 Å². The first kappa shape index (κ1) is 15.4. The molecular weight excluding hydrogens is 289 g/mol. The second kappa shape index (κ2) is 5.45. The molecule has 1 atom stereocenters. The van der Waals surface area contributed by atoms with Crippen LogP contribution < -0.4 is 10.2 Å². The number of hydrogen-bond donors (Lipinski definition) is 1. The van der Waals surface area contributed by atoms with Crippen LogP contribution in [0.1, 0.15) is 25.8 Å². The van der Waals surface area contributed by atoms with E-state index >= 15 is 0 Å². The van der Waals surface area contributed by atoms with Gasteiger partial charge in [0.25, 0.3) is 0 Å². The second-order valence-corrected chi connectivity index (χ2v) is 5.83. The van der Waals surface area contributed by atoms with Crippen LogP contribution in [0.3, 0.4) is 0 Å². The minimum Gasteiger partial charge on any atom is -0.367 e. The second-order valence-electron chi connectivity index (χ2n) is 5.43. The van der Waals surface area contributed by atoms with Gasteiger partial charge in [-0.3, -0.25) is 0 Å². The quantitative estimate of drug-likeness (QED) is 0.890. The monoisotopic (exact) mass is 306 g/mol. The van der Waals surface area contributed by atoms with Gasteiger partial charge in [0.2, 0.25) is 0 Å². The minimum absolute atomic E-state index is 0.101. The summed E-state index contributed by atoms with van der Waals surface area (Å²) in [6.07, 6.45) is -3.44. The molecule has 2 nitrogen and oxygen atoms in total. The molecule has 0 aliphatic carbocycles. The third kappa shape index (κ3) is 3.20. The van der Waals surface area contributed by atoms with E-state index in [1.807, 2.05) is 4.90 Å². The van der Waals surface area contributed by atoms with Crippen molar-refractivity contribution >= 4 is 17.3 Å². The zero-order chi connectivity index (χ0) is 15.0. The lowest BCUT2D eigenvalue weighted by Crippen LogP contribution is -2.58. The van der Waals surface area contributed by atoms with Crippen LogP contribution in [0.25, 0.3) is 0 Å². The van der Waals surface area contributed by atoms with Crippen LogP contribution in [-0.2, 0) is 6.18 Å². The van der Waals surface area contributed by atoms with Crippen LogP contribution in [0.2, 0.25) is 5.02 Å². The average Bonchev–Trinajstić information content (AvgIpc) is 2.38. The summed E-state index contributed by atoms with van der Waals surface area (Å²) >= 11 is 6.09. The highest BCUT2D eigenvalue weighted by molar-refractivity contribution is 6.33. The highest BCUT2D eigenvalue weighted by Gasteiger charge is 2.33. The van der Waals surface area contributed by atoms with Crippen LogP contribution in [0.5, 0.6) is 0 Å². The Morgan fingerprint density at radius 3 is 2.70 bits per heavy atom. The fourth-order valence-corrected chi connectivity index (χ4v) is 2.66. The predicted octanol–water partition coefficient (Wildman–Crippen LogP) is 3.94. The number of benzene rings is 1. The van der Waals surface area contributed by atoms with Crippen LogP contribution in [0, 0.1) is 0 Å². The molecule has 1 aliphatic heterocycles. The Kier molecular flexibility index (Phi) is 4.21. The first-order valence-corrected chi connectivity index (χ1v) is 7.00. The van der Waals surface area contributed by atoms with E-state index in [0.29, 0.717) is 23.8 Å². The lowest BCUT2D eigenvalue weighted by molar-refractivity contribution is -0.137. The van der Waals surface area contributed by atoms with Gasteiger partial charge < -0.3 is 10.2 Å². The molecule has 6 heteroatoms. The van der Waals surface area contributed by atoms with Gasteiger partial charge in [-0.05, 0) is 31.5 Å². The topological polar surface area (TPSA) is 15.3 Å². The van der Waals surface area contributed by atoms with Gasteiger partial charge in [-0.1, -0.05) is 18.5 Å². The van der Waals surface area contributed by atoms with Crippen molar-refractivity contribution in [2.45, 2.75) is 32.0 Å². The molecule has 112 valence electrons. The SMILES string of the molecule is CCC1(C)CN(c2cc(C(F)(F)F)ccc2Cl)CCN1. The number of rotatable bonds is 2. The molecule has 0 bridgehead atoms. The Morgan fingerprint density at radius 1 is 1.40 bits per heavy atom. The van der Waals surface area contributed by atoms with Crippen molar-refractivity contribution in [3.05, 3.63) is 28.8 Å². The zero-order valence-corrected chi connectivity index (χ0v) is 12.3.